The van der Waals surface area contributed by atoms with E-state index in [9.17, 15) is 0 Å². The van der Waals surface area contributed by atoms with E-state index in [2.05, 4.69) is 276 Å². The molecule has 328 valence electrons. The fourth-order valence-electron chi connectivity index (χ4n) is 11.7. The Morgan fingerprint density at radius 3 is 1.51 bits per heavy atom. The summed E-state index contributed by atoms with van der Waals surface area (Å²) in [6.07, 6.45) is 0. The topological polar surface area (TPSA) is 23.0 Å². The largest absolute Gasteiger partial charge is 0.456 e. The van der Waals surface area contributed by atoms with Crippen molar-refractivity contribution in [3.63, 3.8) is 0 Å². The van der Waals surface area contributed by atoms with Gasteiger partial charge in [0.25, 0.3) is 0 Å². The number of fused-ring (bicyclic) bond motifs is 9. The Bertz CT molecular complexity index is 4260. The first-order valence-electron chi connectivity index (χ1n) is 24.1. The Hall–Kier alpha value is -8.96. The minimum absolute atomic E-state index is 0.903. The van der Waals surface area contributed by atoms with Crippen molar-refractivity contribution in [2.75, 3.05) is 0 Å². The van der Waals surface area contributed by atoms with E-state index >= 15 is 0 Å². The lowest BCUT2D eigenvalue weighted by Gasteiger charge is -2.35. The van der Waals surface area contributed by atoms with Gasteiger partial charge in [-0.2, -0.15) is 0 Å². The Balaban J connectivity index is 1.03. The number of para-hydroxylation sites is 3. The van der Waals surface area contributed by atoms with Crippen LogP contribution in [0.1, 0.15) is 0 Å². The molecule has 0 aliphatic carbocycles. The van der Waals surface area contributed by atoms with Gasteiger partial charge in [0.05, 0.1) is 27.8 Å². The molecule has 0 fully saturated rings. The highest BCUT2D eigenvalue weighted by Crippen LogP contribution is 2.41. The van der Waals surface area contributed by atoms with Gasteiger partial charge in [0, 0.05) is 38.0 Å². The van der Waals surface area contributed by atoms with E-state index in [-0.39, 0.29) is 0 Å². The van der Waals surface area contributed by atoms with E-state index in [0.29, 0.717) is 0 Å². The molecule has 0 radical (unpaired) electrons. The molecule has 11 aromatic carbocycles. The SMILES string of the molecule is c1ccc(-c2cccc(-c3cccc(-n4c5ccccc5c5c(-n6c7ccccc7c7c([Si](c8ccccc8)(c8ccccc8)c8ccc9oc%10ccccc%10c9c8)cccc76)cccc54)c3)c2)cc1. The van der Waals surface area contributed by atoms with Crippen LogP contribution >= 0.6 is 0 Å². The van der Waals surface area contributed by atoms with E-state index in [1.807, 2.05) is 0 Å². The molecule has 3 heterocycles. The van der Waals surface area contributed by atoms with E-state index in [0.717, 1.165) is 38.8 Å². The van der Waals surface area contributed by atoms with Gasteiger partial charge >= 0.3 is 0 Å². The second kappa shape index (κ2) is 16.1. The molecule has 0 saturated carbocycles. The maximum Gasteiger partial charge on any atom is 0.180 e. The van der Waals surface area contributed by atoms with Crippen molar-refractivity contribution in [2.45, 2.75) is 0 Å². The van der Waals surface area contributed by atoms with Crippen LogP contribution in [-0.4, -0.2) is 17.2 Å². The van der Waals surface area contributed by atoms with Crippen LogP contribution in [0.3, 0.4) is 0 Å². The number of aromatic nitrogens is 2. The molecule has 0 N–H and O–H groups in total. The molecule has 0 bridgehead atoms. The molecule has 4 heteroatoms. The minimum Gasteiger partial charge on any atom is -0.456 e. The molecular formula is C66H44N2OSi. The van der Waals surface area contributed by atoms with Gasteiger partial charge in [-0.3, -0.25) is 0 Å². The van der Waals surface area contributed by atoms with Crippen molar-refractivity contribution in [1.82, 2.24) is 9.13 Å². The van der Waals surface area contributed by atoms with Crippen LogP contribution < -0.4 is 20.7 Å². The highest BCUT2D eigenvalue weighted by molar-refractivity contribution is 7.21. The Morgan fingerprint density at radius 1 is 0.286 bits per heavy atom. The summed E-state index contributed by atoms with van der Waals surface area (Å²) in [5.74, 6) is 0. The first-order chi connectivity index (χ1) is 34.7. The summed E-state index contributed by atoms with van der Waals surface area (Å²) >= 11 is 0. The van der Waals surface area contributed by atoms with Crippen LogP contribution in [0.5, 0.6) is 0 Å². The molecule has 0 aliphatic rings. The van der Waals surface area contributed by atoms with E-state index in [4.69, 9.17) is 4.42 Å². The van der Waals surface area contributed by atoms with Crippen molar-refractivity contribution in [3.05, 3.63) is 267 Å². The minimum atomic E-state index is -3.10. The van der Waals surface area contributed by atoms with Crippen LogP contribution in [0.2, 0.25) is 0 Å². The monoisotopic (exact) mass is 908 g/mol. The van der Waals surface area contributed by atoms with Crippen molar-refractivity contribution >= 4 is 94.4 Å². The normalized spacial score (nSPS) is 12.0. The quantitative estimate of drug-likeness (QED) is 0.110. The Kier molecular flexibility index (Phi) is 9.23. The maximum absolute atomic E-state index is 6.47. The lowest BCUT2D eigenvalue weighted by molar-refractivity contribution is 0.669. The van der Waals surface area contributed by atoms with Crippen molar-refractivity contribution in [3.8, 4) is 33.6 Å². The number of hydrogen-bond acceptors (Lipinski definition) is 1. The summed E-state index contributed by atoms with van der Waals surface area (Å²) < 4.78 is 11.5. The van der Waals surface area contributed by atoms with Gasteiger partial charge in [0.1, 0.15) is 11.2 Å². The molecule has 0 atom stereocenters. The highest BCUT2D eigenvalue weighted by Gasteiger charge is 2.43. The highest BCUT2D eigenvalue weighted by atomic mass is 28.3. The van der Waals surface area contributed by atoms with E-state index in [1.165, 1.54) is 81.1 Å². The molecule has 3 nitrogen and oxygen atoms in total. The first-order valence-corrected chi connectivity index (χ1v) is 26.1. The Morgan fingerprint density at radius 2 is 0.786 bits per heavy atom. The van der Waals surface area contributed by atoms with Crippen LogP contribution in [0.15, 0.2) is 271 Å². The third kappa shape index (κ3) is 6.07. The Labute approximate surface area is 406 Å². The van der Waals surface area contributed by atoms with Crippen molar-refractivity contribution in [2.24, 2.45) is 0 Å². The van der Waals surface area contributed by atoms with Gasteiger partial charge in [-0.05, 0) is 104 Å². The van der Waals surface area contributed by atoms with Crippen LogP contribution in [0, 0.1) is 0 Å². The van der Waals surface area contributed by atoms with E-state index in [1.54, 1.807) is 0 Å². The number of rotatable bonds is 8. The molecule has 0 amide bonds. The zero-order valence-corrected chi connectivity index (χ0v) is 39.2. The molecule has 0 spiro atoms. The van der Waals surface area contributed by atoms with Crippen LogP contribution in [0.25, 0.3) is 99.2 Å². The molecule has 0 aliphatic heterocycles. The molecule has 3 aromatic heterocycles. The second-order valence-electron chi connectivity index (χ2n) is 18.4. The predicted octanol–water partition coefficient (Wildman–Crippen LogP) is 14.5. The summed E-state index contributed by atoms with van der Waals surface area (Å²) in [5.41, 5.74) is 13.6. The number of furan rings is 1. The second-order valence-corrected chi connectivity index (χ2v) is 22.1. The van der Waals surface area contributed by atoms with E-state index < -0.39 is 8.07 Å². The average molecular weight is 909 g/mol. The average Bonchev–Trinajstić information content (AvgIpc) is 4.10. The van der Waals surface area contributed by atoms with Gasteiger partial charge in [0.2, 0.25) is 0 Å². The third-order valence-corrected chi connectivity index (χ3v) is 19.4. The summed E-state index contributed by atoms with van der Waals surface area (Å²) in [5, 5.41) is 12.5. The van der Waals surface area contributed by atoms with Gasteiger partial charge in [-0.15, -0.1) is 0 Å². The number of hydrogen-bond donors (Lipinski definition) is 0. The molecular weight excluding hydrogens is 865 g/mol. The van der Waals surface area contributed by atoms with Crippen molar-refractivity contribution in [1.29, 1.82) is 0 Å². The molecule has 0 saturated heterocycles. The number of benzene rings is 11. The fraction of sp³-hybridized carbons (Fsp3) is 0. The lowest BCUT2D eigenvalue weighted by atomic mass is 9.99. The van der Waals surface area contributed by atoms with Crippen LogP contribution in [-0.2, 0) is 0 Å². The lowest BCUT2D eigenvalue weighted by Crippen LogP contribution is -2.74. The maximum atomic E-state index is 6.47. The zero-order chi connectivity index (χ0) is 46.2. The first kappa shape index (κ1) is 40.1. The summed E-state index contributed by atoms with van der Waals surface area (Å²) in [6.45, 7) is 0. The van der Waals surface area contributed by atoms with Crippen molar-refractivity contribution < 1.29 is 4.42 Å². The van der Waals surface area contributed by atoms with Gasteiger partial charge in [-0.1, -0.05) is 206 Å². The van der Waals surface area contributed by atoms with Crippen LogP contribution in [0.4, 0.5) is 0 Å². The standard InChI is InChI=1S/C66H44N2OSi/c1-4-20-45(21-5-1)46-22-16-23-47(42-46)48-24-17-25-49(43-48)67-57-33-13-10-31-54(57)65-59(67)35-18-36-60(65)68-58-34-14-11-32-55(58)66-61(68)37-19-39-64(66)70(50-26-6-2-7-27-50,51-28-8-3-9-29-51)52-40-41-63-56(44-52)53-30-12-15-38-62(53)69-63/h1-44H. The fourth-order valence-corrected chi connectivity index (χ4v) is 16.7. The van der Waals surface area contributed by atoms with Gasteiger partial charge < -0.3 is 13.6 Å². The summed E-state index contributed by atoms with van der Waals surface area (Å²) in [7, 11) is -3.10. The number of nitrogens with zero attached hydrogens (tertiary/aromatic N) is 2. The van der Waals surface area contributed by atoms with Gasteiger partial charge in [-0.25, -0.2) is 0 Å². The third-order valence-electron chi connectivity index (χ3n) is 14.6. The molecule has 0 unspecified atom stereocenters. The summed E-state index contributed by atoms with van der Waals surface area (Å²) in [6, 6.07) is 98.4. The molecule has 70 heavy (non-hydrogen) atoms. The predicted molar refractivity (Wildman–Crippen MR) is 297 cm³/mol. The zero-order valence-electron chi connectivity index (χ0n) is 38.2. The molecule has 14 aromatic rings. The molecule has 14 rings (SSSR count). The van der Waals surface area contributed by atoms with Gasteiger partial charge in [0.15, 0.2) is 8.07 Å². The summed E-state index contributed by atoms with van der Waals surface area (Å²) in [4.78, 5) is 0. The smallest absolute Gasteiger partial charge is 0.180 e.